The molecule has 1 aromatic heterocycles. The third-order valence-corrected chi connectivity index (χ3v) is 1.56. The molecule has 0 saturated heterocycles. The monoisotopic (exact) mass is 263 g/mol. The van der Waals surface area contributed by atoms with Gasteiger partial charge in [-0.1, -0.05) is 38.2 Å². The maximum absolute atomic E-state index is 9.28. The van der Waals surface area contributed by atoms with E-state index >= 15 is 0 Å². The number of benzene rings is 1. The zero-order valence-corrected chi connectivity index (χ0v) is 11.2. The summed E-state index contributed by atoms with van der Waals surface area (Å²) in [6, 6.07) is 10.0. The number of para-hydroxylation sites is 1. The van der Waals surface area contributed by atoms with Crippen molar-refractivity contribution in [2.24, 2.45) is 0 Å². The molecule has 14 heavy (non-hydrogen) atoms. The number of rotatable bonds is 0. The maximum Gasteiger partial charge on any atom is 0 e. The standard InChI is InChI=1S/C9H6NO.C2H6.Y/c11-9-5-6-10-8-4-2-1-3-7(8)9;1-2;/h1-4,6H,(H,10,11);1-2H3;/q-1;;. The van der Waals surface area contributed by atoms with Gasteiger partial charge in [0.15, 0.2) is 0 Å². The number of pyridine rings is 1. The summed E-state index contributed by atoms with van der Waals surface area (Å²) >= 11 is 0. The Morgan fingerprint density at radius 1 is 1.21 bits per heavy atom. The Labute approximate surface area is 109 Å². The average Bonchev–Trinajstić information content (AvgIpc) is 2.22. The molecule has 0 aliphatic rings. The van der Waals surface area contributed by atoms with Crippen LogP contribution < -0.4 is 0 Å². The molecule has 1 radical (unpaired) electrons. The molecular formula is C11H12NOY-. The molecule has 2 nitrogen and oxygen atoms in total. The van der Waals surface area contributed by atoms with E-state index in [2.05, 4.69) is 11.1 Å². The van der Waals surface area contributed by atoms with Crippen LogP contribution in [0.3, 0.4) is 0 Å². The molecule has 0 aliphatic carbocycles. The fourth-order valence-electron chi connectivity index (χ4n) is 1.03. The Bertz CT molecular complexity index is 384. The van der Waals surface area contributed by atoms with Crippen LogP contribution in [0.15, 0.2) is 30.5 Å². The summed E-state index contributed by atoms with van der Waals surface area (Å²) in [5.41, 5.74) is 0.795. The third-order valence-electron chi connectivity index (χ3n) is 1.56. The summed E-state index contributed by atoms with van der Waals surface area (Å²) < 4.78 is 0. The molecule has 0 spiro atoms. The average molecular weight is 263 g/mol. The van der Waals surface area contributed by atoms with Gasteiger partial charge < -0.3 is 5.11 Å². The first-order valence-corrected chi connectivity index (χ1v) is 4.32. The van der Waals surface area contributed by atoms with Crippen molar-refractivity contribution < 1.29 is 37.8 Å². The summed E-state index contributed by atoms with van der Waals surface area (Å²) in [6.45, 7) is 4.00. The maximum atomic E-state index is 9.28. The Balaban J connectivity index is 0.000000531. The van der Waals surface area contributed by atoms with Crippen molar-refractivity contribution in [3.05, 3.63) is 36.5 Å². The van der Waals surface area contributed by atoms with Crippen molar-refractivity contribution in [2.75, 3.05) is 0 Å². The summed E-state index contributed by atoms with van der Waals surface area (Å²) in [5.74, 6) is 0.163. The van der Waals surface area contributed by atoms with Gasteiger partial charge in [-0.25, -0.2) is 0 Å². The summed E-state index contributed by atoms with van der Waals surface area (Å²) in [7, 11) is 0. The molecule has 0 bridgehead atoms. The van der Waals surface area contributed by atoms with E-state index in [-0.39, 0.29) is 38.5 Å². The first-order valence-electron chi connectivity index (χ1n) is 4.32. The second-order valence-electron chi connectivity index (χ2n) is 2.27. The fraction of sp³-hybridized carbons (Fsp3) is 0.182. The van der Waals surface area contributed by atoms with Gasteiger partial charge in [0.1, 0.15) is 0 Å². The van der Waals surface area contributed by atoms with Crippen LogP contribution in [0.2, 0.25) is 0 Å². The summed E-state index contributed by atoms with van der Waals surface area (Å²) in [5, 5.41) is 10.0. The van der Waals surface area contributed by atoms with Crippen LogP contribution >= 0.6 is 0 Å². The minimum Gasteiger partial charge on any atom is -0.545 e. The molecule has 0 fully saturated rings. The zero-order valence-electron chi connectivity index (χ0n) is 8.36. The second-order valence-corrected chi connectivity index (χ2v) is 2.27. The molecule has 3 heteroatoms. The van der Waals surface area contributed by atoms with Crippen LogP contribution in [0.5, 0.6) is 5.75 Å². The van der Waals surface area contributed by atoms with Crippen molar-refractivity contribution >= 4 is 10.9 Å². The number of aromatic hydroxyl groups is 1. The van der Waals surface area contributed by atoms with Gasteiger partial charge in [-0.15, -0.1) is 11.5 Å². The van der Waals surface area contributed by atoms with Gasteiger partial charge in [-0.2, -0.15) is 6.07 Å². The van der Waals surface area contributed by atoms with Gasteiger partial charge in [0.2, 0.25) is 0 Å². The van der Waals surface area contributed by atoms with E-state index in [4.69, 9.17) is 0 Å². The molecule has 0 aliphatic heterocycles. The van der Waals surface area contributed by atoms with E-state index in [1.54, 1.807) is 0 Å². The Kier molecular flexibility index (Phi) is 6.68. The Morgan fingerprint density at radius 2 is 1.86 bits per heavy atom. The second kappa shape index (κ2) is 6.91. The Hall–Kier alpha value is -0.466. The topological polar surface area (TPSA) is 33.1 Å². The summed E-state index contributed by atoms with van der Waals surface area (Å²) in [6.07, 6.45) is 1.47. The SMILES string of the molecule is CC.Oc1[c-]cnc2ccccc12.[Y]. The van der Waals surface area contributed by atoms with Gasteiger partial charge in [0, 0.05) is 32.7 Å². The van der Waals surface area contributed by atoms with Crippen molar-refractivity contribution in [1.29, 1.82) is 0 Å². The third kappa shape index (κ3) is 3.04. The molecule has 1 aromatic carbocycles. The van der Waals surface area contributed by atoms with Crippen LogP contribution in [0, 0.1) is 6.07 Å². The van der Waals surface area contributed by atoms with Crippen LogP contribution in [0.1, 0.15) is 13.8 Å². The molecule has 2 rings (SSSR count). The van der Waals surface area contributed by atoms with Crippen LogP contribution in [0.25, 0.3) is 10.9 Å². The first-order chi connectivity index (χ1) is 6.38. The predicted octanol–water partition coefficient (Wildman–Crippen LogP) is 2.76. The molecule has 0 amide bonds. The number of hydrogen-bond acceptors (Lipinski definition) is 2. The van der Waals surface area contributed by atoms with Crippen LogP contribution in [0.4, 0.5) is 0 Å². The van der Waals surface area contributed by atoms with Gasteiger partial charge in [0.25, 0.3) is 0 Å². The van der Waals surface area contributed by atoms with E-state index < -0.39 is 0 Å². The normalized spacial score (nSPS) is 8.43. The van der Waals surface area contributed by atoms with Gasteiger partial charge in [0.05, 0.1) is 0 Å². The Morgan fingerprint density at radius 3 is 2.50 bits per heavy atom. The predicted molar refractivity (Wildman–Crippen MR) is 53.6 cm³/mol. The largest absolute Gasteiger partial charge is 0.545 e. The quantitative estimate of drug-likeness (QED) is 0.741. The van der Waals surface area contributed by atoms with Crippen molar-refractivity contribution in [3.63, 3.8) is 0 Å². The van der Waals surface area contributed by atoms with Crippen molar-refractivity contribution in [3.8, 4) is 5.75 Å². The first kappa shape index (κ1) is 13.5. The molecule has 0 unspecified atom stereocenters. The smallest absolute Gasteiger partial charge is 0 e. The van der Waals surface area contributed by atoms with Gasteiger partial charge >= 0.3 is 0 Å². The molecular weight excluding hydrogens is 251 g/mol. The molecule has 1 heterocycles. The minimum atomic E-state index is 0. The van der Waals surface area contributed by atoms with E-state index in [9.17, 15) is 5.11 Å². The number of hydrogen-bond donors (Lipinski definition) is 1. The number of nitrogens with zero attached hydrogens (tertiary/aromatic N) is 1. The number of aromatic nitrogens is 1. The van der Waals surface area contributed by atoms with Crippen LogP contribution in [-0.2, 0) is 32.7 Å². The van der Waals surface area contributed by atoms with Gasteiger partial charge in [-0.05, 0) is 11.3 Å². The number of fused-ring (bicyclic) bond motifs is 1. The summed E-state index contributed by atoms with van der Waals surface area (Å²) in [4.78, 5) is 4.03. The molecule has 71 valence electrons. The fourth-order valence-corrected chi connectivity index (χ4v) is 1.03. The molecule has 0 atom stereocenters. The van der Waals surface area contributed by atoms with Gasteiger partial charge in [-0.3, -0.25) is 4.98 Å². The molecule has 2 aromatic rings. The van der Waals surface area contributed by atoms with E-state index in [0.29, 0.717) is 0 Å². The van der Waals surface area contributed by atoms with Crippen LogP contribution in [-0.4, -0.2) is 10.1 Å². The zero-order chi connectivity index (χ0) is 9.68. The van der Waals surface area contributed by atoms with Crippen molar-refractivity contribution in [2.45, 2.75) is 13.8 Å². The van der Waals surface area contributed by atoms with Crippen molar-refractivity contribution in [1.82, 2.24) is 4.98 Å². The molecule has 1 N–H and O–H groups in total. The van der Waals surface area contributed by atoms with E-state index in [1.807, 2.05) is 38.1 Å². The molecule has 0 saturated carbocycles. The van der Waals surface area contributed by atoms with E-state index in [1.165, 1.54) is 6.20 Å². The van der Waals surface area contributed by atoms with E-state index in [0.717, 1.165) is 10.9 Å². The minimum absolute atomic E-state index is 0.